The Kier molecular flexibility index (Phi) is 6.15. The number of carbonyl (C=O) groups is 2. The highest BCUT2D eigenvalue weighted by Gasteiger charge is 2.20. The van der Waals surface area contributed by atoms with Crippen molar-refractivity contribution < 1.29 is 27.5 Å². The second kappa shape index (κ2) is 8.76. The molecule has 3 N–H and O–H groups in total. The number of hydrogen-bond acceptors (Lipinski definition) is 6. The summed E-state index contributed by atoms with van der Waals surface area (Å²) in [6, 6.07) is 12.3. The van der Waals surface area contributed by atoms with Crippen molar-refractivity contribution in [3.63, 3.8) is 0 Å². The van der Waals surface area contributed by atoms with Crippen LogP contribution in [0.4, 0.5) is 0 Å². The van der Waals surface area contributed by atoms with Crippen molar-refractivity contribution in [2.75, 3.05) is 6.79 Å². The molecule has 2 amide bonds. The van der Waals surface area contributed by atoms with Crippen molar-refractivity contribution in [1.82, 2.24) is 15.6 Å². The van der Waals surface area contributed by atoms with Gasteiger partial charge < -0.3 is 9.47 Å². The molecule has 0 aromatic heterocycles. The number of hydrazine groups is 1. The van der Waals surface area contributed by atoms with Gasteiger partial charge in [0.1, 0.15) is 0 Å². The van der Waals surface area contributed by atoms with Gasteiger partial charge in [0.25, 0.3) is 11.8 Å². The second-order valence-electron chi connectivity index (χ2n) is 6.11. The van der Waals surface area contributed by atoms with Crippen LogP contribution >= 0.6 is 0 Å². The topological polar surface area (TPSA) is 123 Å². The number of benzene rings is 2. The van der Waals surface area contributed by atoms with E-state index in [0.29, 0.717) is 17.1 Å². The van der Waals surface area contributed by atoms with Crippen LogP contribution < -0.4 is 25.0 Å². The molecule has 0 radical (unpaired) electrons. The second-order valence-corrected chi connectivity index (χ2v) is 7.71. The van der Waals surface area contributed by atoms with E-state index in [1.54, 1.807) is 30.3 Å². The standard InChI is InChI=1S/C19H19N3O6S/c1-13(22-29(25,26)10-9-14-5-3-2-4-6-14)18(23)20-21-19(24)15-7-8-16-17(11-15)28-12-27-16/h2-11,13,22H,12H2,1H3,(H,20,23)(H,21,24). The number of sulfonamides is 1. The first-order chi connectivity index (χ1) is 13.8. The van der Waals surface area contributed by atoms with Gasteiger partial charge in [0.05, 0.1) is 6.04 Å². The van der Waals surface area contributed by atoms with Gasteiger partial charge in [-0.3, -0.25) is 20.4 Å². The van der Waals surface area contributed by atoms with Crippen molar-refractivity contribution in [2.45, 2.75) is 13.0 Å². The van der Waals surface area contributed by atoms with E-state index in [1.807, 2.05) is 6.07 Å². The first kappa shape index (κ1) is 20.4. The SMILES string of the molecule is CC(NS(=O)(=O)C=Cc1ccccc1)C(=O)NNC(=O)c1ccc2c(c1)OCO2. The van der Waals surface area contributed by atoms with Crippen LogP contribution in [-0.4, -0.2) is 33.1 Å². The zero-order valence-electron chi connectivity index (χ0n) is 15.4. The normalized spacial score (nSPS) is 13.8. The Morgan fingerprint density at radius 1 is 1.03 bits per heavy atom. The Balaban J connectivity index is 1.52. The van der Waals surface area contributed by atoms with Gasteiger partial charge in [0.15, 0.2) is 11.5 Å². The predicted molar refractivity (Wildman–Crippen MR) is 105 cm³/mol. The monoisotopic (exact) mass is 417 g/mol. The van der Waals surface area contributed by atoms with Crippen LogP contribution in [-0.2, 0) is 14.8 Å². The molecule has 1 unspecified atom stereocenters. The Morgan fingerprint density at radius 2 is 1.76 bits per heavy atom. The highest BCUT2D eigenvalue weighted by atomic mass is 32.2. The molecule has 2 aromatic rings. The van der Waals surface area contributed by atoms with Crippen molar-refractivity contribution in [3.05, 3.63) is 65.1 Å². The van der Waals surface area contributed by atoms with Gasteiger partial charge in [0, 0.05) is 11.0 Å². The third-order valence-electron chi connectivity index (χ3n) is 3.91. The molecule has 10 heteroatoms. The molecule has 1 heterocycles. The molecule has 29 heavy (non-hydrogen) atoms. The molecule has 0 spiro atoms. The van der Waals surface area contributed by atoms with E-state index in [-0.39, 0.29) is 12.4 Å². The summed E-state index contributed by atoms with van der Waals surface area (Å²) in [7, 11) is -3.86. The summed E-state index contributed by atoms with van der Waals surface area (Å²) < 4.78 is 36.8. The lowest BCUT2D eigenvalue weighted by Gasteiger charge is -2.13. The minimum absolute atomic E-state index is 0.0769. The third kappa shape index (κ3) is 5.56. The summed E-state index contributed by atoms with van der Waals surface area (Å²) in [5.74, 6) is -0.362. The van der Waals surface area contributed by atoms with E-state index in [2.05, 4.69) is 15.6 Å². The fourth-order valence-electron chi connectivity index (χ4n) is 2.41. The summed E-state index contributed by atoms with van der Waals surface area (Å²) in [5.41, 5.74) is 5.35. The summed E-state index contributed by atoms with van der Waals surface area (Å²) in [6.07, 6.45) is 1.41. The van der Waals surface area contributed by atoms with Gasteiger partial charge in [-0.1, -0.05) is 30.3 Å². The summed E-state index contributed by atoms with van der Waals surface area (Å²) in [5, 5.41) is 0.970. The Morgan fingerprint density at radius 3 is 2.52 bits per heavy atom. The van der Waals surface area contributed by atoms with Crippen LogP contribution in [0.25, 0.3) is 6.08 Å². The van der Waals surface area contributed by atoms with Crippen LogP contribution in [0, 0.1) is 0 Å². The van der Waals surface area contributed by atoms with Crippen LogP contribution in [0.2, 0.25) is 0 Å². The molecule has 152 valence electrons. The highest BCUT2D eigenvalue weighted by Crippen LogP contribution is 2.32. The molecule has 0 saturated carbocycles. The minimum atomic E-state index is -3.86. The summed E-state index contributed by atoms with van der Waals surface area (Å²) >= 11 is 0. The van der Waals surface area contributed by atoms with Crippen LogP contribution in [0.5, 0.6) is 11.5 Å². The zero-order chi connectivity index (χ0) is 20.9. The molecule has 3 rings (SSSR count). The average Bonchev–Trinajstić information content (AvgIpc) is 3.18. The Bertz CT molecular complexity index is 1040. The van der Waals surface area contributed by atoms with Gasteiger partial charge >= 0.3 is 0 Å². The van der Waals surface area contributed by atoms with Crippen molar-refractivity contribution in [1.29, 1.82) is 0 Å². The third-order valence-corrected chi connectivity index (χ3v) is 5.08. The quantitative estimate of drug-likeness (QED) is 0.606. The molecule has 1 aliphatic heterocycles. The Hall–Kier alpha value is -3.37. The fourth-order valence-corrected chi connectivity index (χ4v) is 3.42. The van der Waals surface area contributed by atoms with Gasteiger partial charge in [-0.25, -0.2) is 8.42 Å². The summed E-state index contributed by atoms with van der Waals surface area (Å²) in [4.78, 5) is 24.2. The lowest BCUT2D eigenvalue weighted by Crippen LogP contribution is -2.50. The van der Waals surface area contributed by atoms with E-state index >= 15 is 0 Å². The van der Waals surface area contributed by atoms with E-state index in [0.717, 1.165) is 5.41 Å². The fraction of sp³-hybridized carbons (Fsp3) is 0.158. The van der Waals surface area contributed by atoms with Crippen LogP contribution in [0.1, 0.15) is 22.8 Å². The molecule has 1 atom stereocenters. The maximum Gasteiger partial charge on any atom is 0.269 e. The molecule has 0 saturated heterocycles. The minimum Gasteiger partial charge on any atom is -0.454 e. The number of fused-ring (bicyclic) bond motifs is 1. The molecule has 1 aliphatic rings. The van der Waals surface area contributed by atoms with Crippen molar-refractivity contribution >= 4 is 27.9 Å². The van der Waals surface area contributed by atoms with Gasteiger partial charge in [-0.15, -0.1) is 0 Å². The van der Waals surface area contributed by atoms with Crippen molar-refractivity contribution in [2.24, 2.45) is 0 Å². The van der Waals surface area contributed by atoms with Gasteiger partial charge in [0.2, 0.25) is 16.8 Å². The maximum atomic E-state index is 12.1. The average molecular weight is 417 g/mol. The lowest BCUT2D eigenvalue weighted by molar-refractivity contribution is -0.123. The van der Waals surface area contributed by atoms with Gasteiger partial charge in [-0.05, 0) is 36.8 Å². The Labute approximate surface area is 167 Å². The zero-order valence-corrected chi connectivity index (χ0v) is 16.2. The van der Waals surface area contributed by atoms with E-state index in [9.17, 15) is 18.0 Å². The number of amides is 2. The smallest absolute Gasteiger partial charge is 0.269 e. The van der Waals surface area contributed by atoms with Gasteiger partial charge in [-0.2, -0.15) is 4.72 Å². The van der Waals surface area contributed by atoms with Crippen LogP contribution in [0.3, 0.4) is 0 Å². The number of nitrogens with one attached hydrogen (secondary N) is 3. The molecule has 0 aliphatic carbocycles. The molecule has 9 nitrogen and oxygen atoms in total. The van der Waals surface area contributed by atoms with E-state index in [4.69, 9.17) is 9.47 Å². The molecular weight excluding hydrogens is 398 g/mol. The molecule has 0 bridgehead atoms. The number of hydrogen-bond donors (Lipinski definition) is 3. The van der Waals surface area contributed by atoms with Crippen molar-refractivity contribution in [3.8, 4) is 11.5 Å². The molecular formula is C19H19N3O6S. The maximum absolute atomic E-state index is 12.1. The molecule has 2 aromatic carbocycles. The van der Waals surface area contributed by atoms with E-state index < -0.39 is 27.9 Å². The van der Waals surface area contributed by atoms with E-state index in [1.165, 1.54) is 25.1 Å². The number of carbonyl (C=O) groups excluding carboxylic acids is 2. The molecule has 0 fully saturated rings. The first-order valence-electron chi connectivity index (χ1n) is 8.59. The lowest BCUT2D eigenvalue weighted by atomic mass is 10.2. The largest absolute Gasteiger partial charge is 0.454 e. The predicted octanol–water partition coefficient (Wildman–Crippen LogP) is 1.16. The highest BCUT2D eigenvalue weighted by molar-refractivity contribution is 7.92. The first-order valence-corrected chi connectivity index (χ1v) is 10.1. The number of rotatable bonds is 6. The number of ether oxygens (including phenoxy) is 2. The summed E-state index contributed by atoms with van der Waals surface area (Å²) in [6.45, 7) is 1.43. The van der Waals surface area contributed by atoms with Crippen LogP contribution in [0.15, 0.2) is 53.9 Å².